The summed E-state index contributed by atoms with van der Waals surface area (Å²) in [7, 11) is 0. The topological polar surface area (TPSA) is 62.0 Å². The Morgan fingerprint density at radius 3 is 2.90 bits per heavy atom. The van der Waals surface area contributed by atoms with Gasteiger partial charge in [-0.1, -0.05) is 13.8 Å². The van der Waals surface area contributed by atoms with Crippen LogP contribution in [0, 0.1) is 5.41 Å². The Kier molecular flexibility index (Phi) is 3.01. The fraction of sp³-hybridized carbons (Fsp3) is 0.333. The molecule has 2 N–H and O–H groups in total. The SMILES string of the molecule is CC1(C)CC(=O)c2c(C(=O)Nc3ccsc3)c[nH]c2C1. The van der Waals surface area contributed by atoms with Gasteiger partial charge < -0.3 is 10.3 Å². The van der Waals surface area contributed by atoms with Crippen molar-refractivity contribution >= 4 is 28.7 Å². The van der Waals surface area contributed by atoms with Crippen LogP contribution in [0.1, 0.15) is 46.7 Å². The highest BCUT2D eigenvalue weighted by Crippen LogP contribution is 2.35. The van der Waals surface area contributed by atoms with Gasteiger partial charge in [0.2, 0.25) is 0 Å². The van der Waals surface area contributed by atoms with E-state index in [1.54, 1.807) is 6.20 Å². The second-order valence-corrected chi connectivity index (χ2v) is 6.74. The molecule has 4 nitrogen and oxygen atoms in total. The van der Waals surface area contributed by atoms with Crippen LogP contribution in [0.2, 0.25) is 0 Å². The molecule has 5 heteroatoms. The van der Waals surface area contributed by atoms with E-state index in [0.29, 0.717) is 17.5 Å². The van der Waals surface area contributed by atoms with Gasteiger partial charge >= 0.3 is 0 Å². The Balaban J connectivity index is 1.91. The molecule has 0 atom stereocenters. The quantitative estimate of drug-likeness (QED) is 0.888. The first-order valence-corrected chi connectivity index (χ1v) is 7.47. The second kappa shape index (κ2) is 4.59. The molecule has 1 amide bonds. The Morgan fingerprint density at radius 2 is 2.20 bits per heavy atom. The predicted molar refractivity (Wildman–Crippen MR) is 79.5 cm³/mol. The highest BCUT2D eigenvalue weighted by atomic mass is 32.1. The maximum atomic E-state index is 12.3. The molecule has 0 saturated heterocycles. The highest BCUT2D eigenvalue weighted by molar-refractivity contribution is 7.08. The summed E-state index contributed by atoms with van der Waals surface area (Å²) in [5, 5.41) is 6.58. The molecule has 104 valence electrons. The number of thiophene rings is 1. The number of hydrogen-bond acceptors (Lipinski definition) is 3. The monoisotopic (exact) mass is 288 g/mol. The van der Waals surface area contributed by atoms with Crippen LogP contribution in [-0.4, -0.2) is 16.7 Å². The van der Waals surface area contributed by atoms with Gasteiger partial charge in [-0.25, -0.2) is 0 Å². The van der Waals surface area contributed by atoms with E-state index in [1.807, 2.05) is 16.8 Å². The van der Waals surface area contributed by atoms with Gasteiger partial charge in [0.05, 0.1) is 16.8 Å². The number of ketones is 1. The number of anilines is 1. The van der Waals surface area contributed by atoms with Crippen LogP contribution in [0.15, 0.2) is 23.0 Å². The Morgan fingerprint density at radius 1 is 1.40 bits per heavy atom. The van der Waals surface area contributed by atoms with E-state index >= 15 is 0 Å². The van der Waals surface area contributed by atoms with Crippen LogP contribution in [0.25, 0.3) is 0 Å². The van der Waals surface area contributed by atoms with Gasteiger partial charge in [0.15, 0.2) is 5.78 Å². The van der Waals surface area contributed by atoms with Crippen molar-refractivity contribution in [2.75, 3.05) is 5.32 Å². The Hall–Kier alpha value is -1.88. The molecule has 0 fully saturated rings. The van der Waals surface area contributed by atoms with Crippen molar-refractivity contribution in [2.45, 2.75) is 26.7 Å². The molecule has 2 heterocycles. The van der Waals surface area contributed by atoms with Crippen LogP contribution >= 0.6 is 11.3 Å². The molecule has 0 bridgehead atoms. The zero-order chi connectivity index (χ0) is 14.3. The van der Waals surface area contributed by atoms with E-state index in [-0.39, 0.29) is 17.1 Å². The number of aromatic nitrogens is 1. The predicted octanol–water partition coefficient (Wildman–Crippen LogP) is 3.48. The lowest BCUT2D eigenvalue weighted by atomic mass is 9.75. The van der Waals surface area contributed by atoms with E-state index in [4.69, 9.17) is 0 Å². The summed E-state index contributed by atoms with van der Waals surface area (Å²) in [4.78, 5) is 27.7. The molecule has 0 spiro atoms. The number of hydrogen-bond donors (Lipinski definition) is 2. The number of amides is 1. The number of rotatable bonds is 2. The molecule has 0 saturated carbocycles. The molecule has 3 rings (SSSR count). The van der Waals surface area contributed by atoms with Gasteiger partial charge in [-0.15, -0.1) is 0 Å². The lowest BCUT2D eigenvalue weighted by molar-refractivity contribution is 0.0902. The fourth-order valence-electron chi connectivity index (χ4n) is 2.70. The molecule has 1 aliphatic carbocycles. The summed E-state index contributed by atoms with van der Waals surface area (Å²) < 4.78 is 0. The second-order valence-electron chi connectivity index (χ2n) is 5.96. The Bertz CT molecular complexity index is 668. The molecule has 2 aromatic rings. The van der Waals surface area contributed by atoms with E-state index in [9.17, 15) is 9.59 Å². The number of carbonyl (C=O) groups excluding carboxylic acids is 2. The minimum absolute atomic E-state index is 0.0456. The van der Waals surface area contributed by atoms with Gasteiger partial charge in [-0.2, -0.15) is 11.3 Å². The lowest BCUT2D eigenvalue weighted by Gasteiger charge is -2.28. The molecular formula is C15H16N2O2S. The summed E-state index contributed by atoms with van der Waals surface area (Å²) >= 11 is 1.52. The first-order valence-electron chi connectivity index (χ1n) is 6.53. The van der Waals surface area contributed by atoms with Crippen LogP contribution in [-0.2, 0) is 6.42 Å². The van der Waals surface area contributed by atoms with Gasteiger partial charge in [-0.05, 0) is 23.3 Å². The molecule has 0 aromatic carbocycles. The molecule has 0 unspecified atom stereocenters. The van der Waals surface area contributed by atoms with E-state index in [1.165, 1.54) is 11.3 Å². The van der Waals surface area contributed by atoms with Crippen molar-refractivity contribution in [3.05, 3.63) is 39.8 Å². The molecule has 20 heavy (non-hydrogen) atoms. The lowest BCUT2D eigenvalue weighted by Crippen LogP contribution is -2.28. The van der Waals surface area contributed by atoms with Crippen LogP contribution in [0.3, 0.4) is 0 Å². The van der Waals surface area contributed by atoms with Crippen molar-refractivity contribution in [1.29, 1.82) is 0 Å². The number of aromatic amines is 1. The van der Waals surface area contributed by atoms with E-state index in [0.717, 1.165) is 17.8 Å². The van der Waals surface area contributed by atoms with Gasteiger partial charge in [-0.3, -0.25) is 9.59 Å². The summed E-state index contributed by atoms with van der Waals surface area (Å²) in [6.45, 7) is 4.14. The summed E-state index contributed by atoms with van der Waals surface area (Å²) in [6.07, 6.45) is 2.92. The van der Waals surface area contributed by atoms with Crippen molar-refractivity contribution < 1.29 is 9.59 Å². The first kappa shape index (κ1) is 13.1. The number of carbonyl (C=O) groups is 2. The highest BCUT2D eigenvalue weighted by Gasteiger charge is 2.35. The summed E-state index contributed by atoms with van der Waals surface area (Å²) in [5.74, 6) is -0.179. The standard InChI is InChI=1S/C15H16N2O2S/c1-15(2)5-11-13(12(18)6-15)10(7-16-11)14(19)17-9-3-4-20-8-9/h3-4,7-8,16H,5-6H2,1-2H3,(H,17,19). The van der Waals surface area contributed by atoms with Crippen molar-refractivity contribution in [3.8, 4) is 0 Å². The number of Topliss-reactive ketones (excluding diaryl/α,β-unsaturated/α-hetero) is 1. The zero-order valence-electron chi connectivity index (χ0n) is 11.4. The Labute approximate surface area is 121 Å². The van der Waals surface area contributed by atoms with E-state index in [2.05, 4.69) is 24.1 Å². The zero-order valence-corrected chi connectivity index (χ0v) is 12.3. The number of H-pyrrole nitrogens is 1. The van der Waals surface area contributed by atoms with Crippen LogP contribution in [0.4, 0.5) is 5.69 Å². The number of nitrogens with one attached hydrogen (secondary N) is 2. The molecular weight excluding hydrogens is 272 g/mol. The molecule has 0 aliphatic heterocycles. The minimum atomic E-state index is -0.228. The normalized spacial score (nSPS) is 16.8. The third-order valence-corrected chi connectivity index (χ3v) is 4.24. The number of fused-ring (bicyclic) bond motifs is 1. The molecule has 1 aliphatic rings. The summed E-state index contributed by atoms with van der Waals surface area (Å²) in [6, 6.07) is 1.84. The van der Waals surface area contributed by atoms with Gasteiger partial charge in [0.25, 0.3) is 5.91 Å². The maximum absolute atomic E-state index is 12.3. The van der Waals surface area contributed by atoms with Crippen LogP contribution < -0.4 is 5.32 Å². The average molecular weight is 288 g/mol. The van der Waals surface area contributed by atoms with Crippen molar-refractivity contribution in [2.24, 2.45) is 5.41 Å². The largest absolute Gasteiger partial charge is 0.364 e. The first-order chi connectivity index (χ1) is 9.46. The minimum Gasteiger partial charge on any atom is -0.364 e. The van der Waals surface area contributed by atoms with Crippen molar-refractivity contribution in [1.82, 2.24) is 4.98 Å². The third-order valence-electron chi connectivity index (χ3n) is 3.56. The van der Waals surface area contributed by atoms with Crippen LogP contribution in [0.5, 0.6) is 0 Å². The molecule has 0 radical (unpaired) electrons. The van der Waals surface area contributed by atoms with E-state index < -0.39 is 0 Å². The van der Waals surface area contributed by atoms with Crippen molar-refractivity contribution in [3.63, 3.8) is 0 Å². The van der Waals surface area contributed by atoms with Gasteiger partial charge in [0, 0.05) is 23.7 Å². The van der Waals surface area contributed by atoms with Gasteiger partial charge in [0.1, 0.15) is 0 Å². The molecule has 2 aromatic heterocycles. The average Bonchev–Trinajstić information content (AvgIpc) is 2.95. The third kappa shape index (κ3) is 2.29. The summed E-state index contributed by atoms with van der Waals surface area (Å²) in [5.41, 5.74) is 2.61. The smallest absolute Gasteiger partial charge is 0.257 e. The fourth-order valence-corrected chi connectivity index (χ4v) is 3.29. The maximum Gasteiger partial charge on any atom is 0.257 e.